The van der Waals surface area contributed by atoms with Gasteiger partial charge in [-0.05, 0) is 76.7 Å². The number of aryl methyl sites for hydroxylation is 1. The SMILES string of the molecule is COc1cc2c(cc1Br)C(C1CC1)CC2. The predicted molar refractivity (Wildman–Crippen MR) is 64.5 cm³/mol. The zero-order valence-electron chi connectivity index (χ0n) is 8.92. The van der Waals surface area contributed by atoms with Crippen molar-refractivity contribution in [2.45, 2.75) is 31.6 Å². The van der Waals surface area contributed by atoms with Crippen LogP contribution >= 0.6 is 15.9 Å². The molecule has 1 atom stereocenters. The van der Waals surface area contributed by atoms with Gasteiger partial charge in [-0.3, -0.25) is 0 Å². The Kier molecular flexibility index (Phi) is 2.27. The summed E-state index contributed by atoms with van der Waals surface area (Å²) < 4.78 is 6.44. The van der Waals surface area contributed by atoms with Gasteiger partial charge in [0, 0.05) is 0 Å². The number of fused-ring (bicyclic) bond motifs is 1. The summed E-state index contributed by atoms with van der Waals surface area (Å²) in [7, 11) is 1.74. The van der Waals surface area contributed by atoms with Crippen molar-refractivity contribution in [1.29, 1.82) is 0 Å². The van der Waals surface area contributed by atoms with Crippen molar-refractivity contribution < 1.29 is 4.74 Å². The molecule has 1 fully saturated rings. The summed E-state index contributed by atoms with van der Waals surface area (Å²) in [5.41, 5.74) is 3.08. The Hall–Kier alpha value is -0.500. The number of methoxy groups -OCH3 is 1. The smallest absolute Gasteiger partial charge is 0.133 e. The van der Waals surface area contributed by atoms with E-state index in [0.29, 0.717) is 0 Å². The minimum absolute atomic E-state index is 0.835. The van der Waals surface area contributed by atoms with Gasteiger partial charge in [-0.1, -0.05) is 0 Å². The van der Waals surface area contributed by atoms with E-state index in [1.165, 1.54) is 31.2 Å². The van der Waals surface area contributed by atoms with E-state index in [1.807, 2.05) is 0 Å². The van der Waals surface area contributed by atoms with Gasteiger partial charge in [0.15, 0.2) is 0 Å². The number of hydrogen-bond donors (Lipinski definition) is 0. The Morgan fingerprint density at radius 2 is 2.07 bits per heavy atom. The summed E-state index contributed by atoms with van der Waals surface area (Å²) in [6.45, 7) is 0. The lowest BCUT2D eigenvalue weighted by Crippen LogP contribution is -1.96. The molecule has 80 valence electrons. The van der Waals surface area contributed by atoms with E-state index < -0.39 is 0 Å². The van der Waals surface area contributed by atoms with E-state index in [4.69, 9.17) is 4.74 Å². The lowest BCUT2D eigenvalue weighted by atomic mass is 9.96. The molecular formula is C13H15BrO. The van der Waals surface area contributed by atoms with Crippen LogP contribution in [0, 0.1) is 5.92 Å². The number of rotatable bonds is 2. The molecule has 0 amide bonds. The first-order valence-electron chi connectivity index (χ1n) is 5.66. The first-order valence-corrected chi connectivity index (χ1v) is 6.45. The molecule has 1 saturated carbocycles. The van der Waals surface area contributed by atoms with Crippen LogP contribution in [0.2, 0.25) is 0 Å². The molecule has 1 aromatic carbocycles. The van der Waals surface area contributed by atoms with Gasteiger partial charge in [-0.25, -0.2) is 0 Å². The van der Waals surface area contributed by atoms with Crippen molar-refractivity contribution in [2.75, 3.05) is 7.11 Å². The number of ether oxygens (including phenoxy) is 1. The number of hydrogen-bond acceptors (Lipinski definition) is 1. The Morgan fingerprint density at radius 3 is 2.73 bits per heavy atom. The summed E-state index contributed by atoms with van der Waals surface area (Å²) in [6.07, 6.45) is 5.46. The van der Waals surface area contributed by atoms with Crippen LogP contribution in [0.15, 0.2) is 16.6 Å². The van der Waals surface area contributed by atoms with Gasteiger partial charge in [-0.15, -0.1) is 0 Å². The molecule has 0 aromatic heterocycles. The molecule has 15 heavy (non-hydrogen) atoms. The van der Waals surface area contributed by atoms with Crippen LogP contribution in [-0.2, 0) is 6.42 Å². The Bertz CT molecular complexity index is 396. The highest BCUT2D eigenvalue weighted by Crippen LogP contribution is 2.50. The largest absolute Gasteiger partial charge is 0.496 e. The lowest BCUT2D eigenvalue weighted by Gasteiger charge is -2.12. The molecule has 1 aromatic rings. The maximum absolute atomic E-state index is 5.33. The molecule has 2 aliphatic rings. The van der Waals surface area contributed by atoms with Crippen molar-refractivity contribution in [3.05, 3.63) is 27.7 Å². The Balaban J connectivity index is 2.01. The molecule has 0 saturated heterocycles. The maximum Gasteiger partial charge on any atom is 0.133 e. The molecule has 1 nitrogen and oxygen atoms in total. The van der Waals surface area contributed by atoms with Crippen LogP contribution in [0.3, 0.4) is 0 Å². The van der Waals surface area contributed by atoms with Crippen molar-refractivity contribution in [3.63, 3.8) is 0 Å². The van der Waals surface area contributed by atoms with E-state index in [1.54, 1.807) is 12.7 Å². The Labute approximate surface area is 99.0 Å². The molecule has 3 rings (SSSR count). The Morgan fingerprint density at radius 1 is 1.27 bits per heavy atom. The highest BCUT2D eigenvalue weighted by Gasteiger charge is 2.36. The second-order valence-corrected chi connectivity index (χ2v) is 5.52. The average molecular weight is 267 g/mol. The topological polar surface area (TPSA) is 9.23 Å². The first-order chi connectivity index (χ1) is 7.29. The van der Waals surface area contributed by atoms with Crippen molar-refractivity contribution in [2.24, 2.45) is 5.92 Å². The fourth-order valence-electron chi connectivity index (χ4n) is 2.78. The summed E-state index contributed by atoms with van der Waals surface area (Å²) in [5.74, 6) is 2.79. The van der Waals surface area contributed by atoms with E-state index in [9.17, 15) is 0 Å². The van der Waals surface area contributed by atoms with Crippen LogP contribution in [0.5, 0.6) is 5.75 Å². The minimum Gasteiger partial charge on any atom is -0.496 e. The highest BCUT2D eigenvalue weighted by molar-refractivity contribution is 9.10. The summed E-state index contributed by atoms with van der Waals surface area (Å²) >= 11 is 3.58. The van der Waals surface area contributed by atoms with E-state index in [-0.39, 0.29) is 0 Å². The molecule has 0 heterocycles. The van der Waals surface area contributed by atoms with E-state index in [0.717, 1.165) is 22.1 Å². The van der Waals surface area contributed by atoms with Crippen LogP contribution in [0.4, 0.5) is 0 Å². The summed E-state index contributed by atoms with van der Waals surface area (Å²) in [4.78, 5) is 0. The van der Waals surface area contributed by atoms with Crippen LogP contribution in [0.1, 0.15) is 36.3 Å². The van der Waals surface area contributed by atoms with Crippen molar-refractivity contribution in [1.82, 2.24) is 0 Å². The number of benzene rings is 1. The second-order valence-electron chi connectivity index (χ2n) is 4.67. The van der Waals surface area contributed by atoms with Gasteiger partial charge < -0.3 is 4.74 Å². The van der Waals surface area contributed by atoms with E-state index in [2.05, 4.69) is 28.1 Å². The van der Waals surface area contributed by atoms with Crippen LogP contribution < -0.4 is 4.74 Å². The monoisotopic (exact) mass is 266 g/mol. The van der Waals surface area contributed by atoms with Gasteiger partial charge in [0.1, 0.15) is 5.75 Å². The van der Waals surface area contributed by atoms with Crippen molar-refractivity contribution in [3.8, 4) is 5.75 Å². The fraction of sp³-hybridized carbons (Fsp3) is 0.538. The molecule has 0 radical (unpaired) electrons. The average Bonchev–Trinajstić information content (AvgIpc) is 2.99. The third-order valence-electron chi connectivity index (χ3n) is 3.73. The molecule has 0 aliphatic heterocycles. The van der Waals surface area contributed by atoms with Gasteiger partial charge >= 0.3 is 0 Å². The van der Waals surface area contributed by atoms with Gasteiger partial charge in [-0.2, -0.15) is 0 Å². The molecule has 2 aliphatic carbocycles. The zero-order chi connectivity index (χ0) is 10.4. The lowest BCUT2D eigenvalue weighted by molar-refractivity contribution is 0.411. The zero-order valence-corrected chi connectivity index (χ0v) is 10.5. The highest BCUT2D eigenvalue weighted by atomic mass is 79.9. The summed E-state index contributed by atoms with van der Waals surface area (Å²) in [5, 5.41) is 0. The molecule has 2 heteroatoms. The second kappa shape index (κ2) is 3.51. The van der Waals surface area contributed by atoms with Crippen molar-refractivity contribution >= 4 is 15.9 Å². The standard InChI is InChI=1S/C13H15BrO/c1-15-13-6-9-4-5-10(8-2-3-8)11(9)7-12(13)14/h6-8,10H,2-5H2,1H3. The van der Waals surface area contributed by atoms with Gasteiger partial charge in [0.25, 0.3) is 0 Å². The van der Waals surface area contributed by atoms with Gasteiger partial charge in [0.05, 0.1) is 11.6 Å². The van der Waals surface area contributed by atoms with E-state index >= 15 is 0 Å². The fourth-order valence-corrected chi connectivity index (χ4v) is 3.31. The first kappa shape index (κ1) is 9.71. The summed E-state index contributed by atoms with van der Waals surface area (Å²) in [6, 6.07) is 4.49. The number of halogens is 1. The molecule has 1 unspecified atom stereocenters. The van der Waals surface area contributed by atoms with Gasteiger partial charge in [0.2, 0.25) is 0 Å². The molecular weight excluding hydrogens is 252 g/mol. The normalized spacial score (nSPS) is 24.0. The third kappa shape index (κ3) is 1.59. The van der Waals surface area contributed by atoms with Crippen LogP contribution in [-0.4, -0.2) is 7.11 Å². The third-order valence-corrected chi connectivity index (χ3v) is 4.35. The minimum atomic E-state index is 0.835. The van der Waals surface area contributed by atoms with Crippen LogP contribution in [0.25, 0.3) is 0 Å². The molecule has 0 N–H and O–H groups in total. The maximum atomic E-state index is 5.33. The predicted octanol–water partition coefficient (Wildman–Crippen LogP) is 3.90. The quantitative estimate of drug-likeness (QED) is 0.789. The molecule has 0 bridgehead atoms. The molecule has 0 spiro atoms.